The molecule has 3 rings (SSSR count). The molecule has 2 unspecified atom stereocenters. The number of hydrogen-bond acceptors (Lipinski definition) is 5. The summed E-state index contributed by atoms with van der Waals surface area (Å²) in [5.74, 6) is -1.23. The van der Waals surface area contributed by atoms with Gasteiger partial charge in [0.2, 0.25) is 11.8 Å². The molecule has 0 fully saturated rings. The lowest BCUT2D eigenvalue weighted by atomic mass is 10.1. The Morgan fingerprint density at radius 3 is 2.41 bits per heavy atom. The van der Waals surface area contributed by atoms with Crippen molar-refractivity contribution in [1.82, 2.24) is 14.5 Å². The number of rotatable bonds is 11. The molecule has 1 N–H and O–H groups in total. The zero-order valence-electron chi connectivity index (χ0n) is 21.0. The highest BCUT2D eigenvalue weighted by Gasteiger charge is 2.40. The molecule has 2 aromatic carbocycles. The van der Waals surface area contributed by atoms with Gasteiger partial charge in [0.25, 0.3) is 15.9 Å². The zero-order chi connectivity index (χ0) is 27.3. The van der Waals surface area contributed by atoms with Gasteiger partial charge in [0.1, 0.15) is 10.9 Å². The maximum Gasteiger partial charge on any atom is 0.269 e. The van der Waals surface area contributed by atoms with Gasteiger partial charge in [-0.2, -0.15) is 0 Å². The fourth-order valence-electron chi connectivity index (χ4n) is 4.16. The Labute approximate surface area is 228 Å². The van der Waals surface area contributed by atoms with E-state index in [9.17, 15) is 22.8 Å². The highest BCUT2D eigenvalue weighted by molar-refractivity contribution is 7.90. The third-order valence-electron chi connectivity index (χ3n) is 6.41. The average Bonchev–Trinajstić information content (AvgIpc) is 3.05. The van der Waals surface area contributed by atoms with E-state index in [1.54, 1.807) is 30.3 Å². The summed E-state index contributed by atoms with van der Waals surface area (Å²) >= 11 is 12.4. The molecule has 0 aromatic heterocycles. The molecule has 37 heavy (non-hydrogen) atoms. The largest absolute Gasteiger partial charge is 0.352 e. The predicted molar refractivity (Wildman–Crippen MR) is 143 cm³/mol. The number of nitrogens with one attached hydrogen (secondary N) is 1. The van der Waals surface area contributed by atoms with Crippen LogP contribution >= 0.6 is 23.2 Å². The van der Waals surface area contributed by atoms with E-state index >= 15 is 0 Å². The van der Waals surface area contributed by atoms with Gasteiger partial charge in [-0.1, -0.05) is 55.2 Å². The van der Waals surface area contributed by atoms with E-state index in [4.69, 9.17) is 23.2 Å². The Balaban J connectivity index is 1.78. The number of hydrogen-bond donors (Lipinski definition) is 1. The van der Waals surface area contributed by atoms with Crippen LogP contribution in [0, 0.1) is 0 Å². The molecule has 1 heterocycles. The van der Waals surface area contributed by atoms with E-state index in [-0.39, 0.29) is 54.2 Å². The van der Waals surface area contributed by atoms with Crippen LogP contribution in [-0.4, -0.2) is 54.0 Å². The molecule has 3 amide bonds. The van der Waals surface area contributed by atoms with Crippen molar-refractivity contribution in [3.8, 4) is 0 Å². The number of fused-ring (bicyclic) bond motifs is 1. The molecule has 11 heteroatoms. The lowest BCUT2D eigenvalue weighted by molar-refractivity contribution is -0.141. The summed E-state index contributed by atoms with van der Waals surface area (Å²) in [6.45, 7) is 5.59. The van der Waals surface area contributed by atoms with E-state index in [1.165, 1.54) is 17.0 Å². The van der Waals surface area contributed by atoms with Gasteiger partial charge in [-0.3, -0.25) is 14.4 Å². The van der Waals surface area contributed by atoms with Gasteiger partial charge < -0.3 is 10.2 Å². The Kier molecular flexibility index (Phi) is 9.61. The minimum Gasteiger partial charge on any atom is -0.352 e. The van der Waals surface area contributed by atoms with Crippen LogP contribution in [-0.2, 0) is 26.2 Å². The summed E-state index contributed by atoms with van der Waals surface area (Å²) in [6.07, 6.45) is 1.15. The van der Waals surface area contributed by atoms with Crippen molar-refractivity contribution in [3.05, 3.63) is 63.6 Å². The monoisotopic (exact) mass is 567 g/mol. The maximum atomic E-state index is 13.4. The second-order valence-corrected chi connectivity index (χ2v) is 11.7. The Morgan fingerprint density at radius 1 is 1.08 bits per heavy atom. The molecule has 0 saturated heterocycles. The summed E-state index contributed by atoms with van der Waals surface area (Å²) in [5, 5.41) is 3.75. The molecular weight excluding hydrogens is 537 g/mol. The molecule has 2 aromatic rings. The van der Waals surface area contributed by atoms with Gasteiger partial charge in [0.05, 0.1) is 5.56 Å². The molecule has 1 aliphatic rings. The first-order valence-corrected chi connectivity index (χ1v) is 14.4. The number of carbonyl (C=O) groups is 3. The number of nitrogens with zero attached hydrogens (tertiary/aromatic N) is 2. The Morgan fingerprint density at radius 2 is 1.78 bits per heavy atom. The second-order valence-electron chi connectivity index (χ2n) is 8.98. The standard InChI is InChI=1S/C26H31Cl2N3O5S/c1-4-17(3)29-25(33)22(5-2)30(16-18-12-13-19(27)15-21(18)28)24(32)11-8-14-31-26(34)20-9-6-7-10-23(20)37(31,35)36/h6-7,9-10,12-13,15,17,22H,4-5,8,11,14,16H2,1-3H3,(H,29,33). The Bertz CT molecular complexity index is 1280. The summed E-state index contributed by atoms with van der Waals surface area (Å²) in [5.41, 5.74) is 0.752. The number of halogens is 2. The first-order chi connectivity index (χ1) is 17.5. The van der Waals surface area contributed by atoms with Crippen LogP contribution in [0.15, 0.2) is 47.4 Å². The average molecular weight is 569 g/mol. The van der Waals surface area contributed by atoms with Crippen LogP contribution in [0.3, 0.4) is 0 Å². The van der Waals surface area contributed by atoms with Crippen LogP contribution in [0.1, 0.15) is 62.4 Å². The molecule has 8 nitrogen and oxygen atoms in total. The van der Waals surface area contributed by atoms with Gasteiger partial charge in [-0.05, 0) is 56.0 Å². The van der Waals surface area contributed by atoms with Crippen molar-refractivity contribution in [3.63, 3.8) is 0 Å². The lowest BCUT2D eigenvalue weighted by Crippen LogP contribution is -2.50. The smallest absolute Gasteiger partial charge is 0.269 e. The summed E-state index contributed by atoms with van der Waals surface area (Å²) in [7, 11) is -3.96. The van der Waals surface area contributed by atoms with Crippen LogP contribution in [0.2, 0.25) is 10.0 Å². The van der Waals surface area contributed by atoms with E-state index in [0.717, 1.165) is 10.7 Å². The van der Waals surface area contributed by atoms with Gasteiger partial charge >= 0.3 is 0 Å². The molecule has 0 radical (unpaired) electrons. The quantitative estimate of drug-likeness (QED) is 0.426. The number of benzene rings is 2. The van der Waals surface area contributed by atoms with Crippen molar-refractivity contribution >= 4 is 50.9 Å². The van der Waals surface area contributed by atoms with E-state index in [0.29, 0.717) is 22.0 Å². The van der Waals surface area contributed by atoms with Crippen LogP contribution in [0.25, 0.3) is 0 Å². The third-order valence-corrected chi connectivity index (χ3v) is 8.83. The molecule has 0 bridgehead atoms. The molecular formula is C26H31Cl2N3O5S. The highest BCUT2D eigenvalue weighted by Crippen LogP contribution is 2.30. The topological polar surface area (TPSA) is 104 Å². The summed E-state index contributed by atoms with van der Waals surface area (Å²) in [4.78, 5) is 40.6. The predicted octanol–water partition coefficient (Wildman–Crippen LogP) is 4.64. The number of amides is 3. The molecule has 0 saturated carbocycles. The van der Waals surface area contributed by atoms with E-state index in [2.05, 4.69) is 5.32 Å². The van der Waals surface area contributed by atoms with E-state index < -0.39 is 22.0 Å². The first kappa shape index (κ1) is 28.9. The fraction of sp³-hybridized carbons (Fsp3) is 0.423. The second kappa shape index (κ2) is 12.3. The van der Waals surface area contributed by atoms with Crippen LogP contribution < -0.4 is 5.32 Å². The van der Waals surface area contributed by atoms with Crippen molar-refractivity contribution in [2.75, 3.05) is 6.54 Å². The zero-order valence-corrected chi connectivity index (χ0v) is 23.4. The van der Waals surface area contributed by atoms with Gasteiger partial charge in [-0.25, -0.2) is 12.7 Å². The molecule has 2 atom stereocenters. The number of sulfonamides is 1. The van der Waals surface area contributed by atoms with Crippen molar-refractivity contribution < 1.29 is 22.8 Å². The first-order valence-electron chi connectivity index (χ1n) is 12.2. The summed E-state index contributed by atoms with van der Waals surface area (Å²) in [6, 6.07) is 10.2. The molecule has 200 valence electrons. The van der Waals surface area contributed by atoms with Gasteiger partial charge in [0, 0.05) is 35.6 Å². The van der Waals surface area contributed by atoms with Gasteiger partial charge in [-0.15, -0.1) is 0 Å². The maximum absolute atomic E-state index is 13.4. The SMILES string of the molecule is CCC(C)NC(=O)C(CC)N(Cc1ccc(Cl)cc1Cl)C(=O)CCCN1C(=O)c2ccccc2S1(=O)=O. The van der Waals surface area contributed by atoms with Crippen molar-refractivity contribution in [2.24, 2.45) is 0 Å². The van der Waals surface area contributed by atoms with E-state index in [1.807, 2.05) is 20.8 Å². The third kappa shape index (κ3) is 6.45. The van der Waals surface area contributed by atoms with Crippen molar-refractivity contribution in [1.29, 1.82) is 0 Å². The normalized spacial score (nSPS) is 15.7. The van der Waals surface area contributed by atoms with Crippen molar-refractivity contribution in [2.45, 2.75) is 70.0 Å². The Hall–Kier alpha value is -2.62. The molecule has 0 aliphatic carbocycles. The minimum absolute atomic E-state index is 0.0295. The van der Waals surface area contributed by atoms with Crippen LogP contribution in [0.4, 0.5) is 0 Å². The number of carbonyl (C=O) groups excluding carboxylic acids is 3. The highest BCUT2D eigenvalue weighted by atomic mass is 35.5. The van der Waals surface area contributed by atoms with Crippen LogP contribution in [0.5, 0.6) is 0 Å². The fourth-order valence-corrected chi connectivity index (χ4v) is 6.24. The van der Waals surface area contributed by atoms with Gasteiger partial charge in [0.15, 0.2) is 0 Å². The molecule has 0 spiro atoms. The minimum atomic E-state index is -3.96. The summed E-state index contributed by atoms with van der Waals surface area (Å²) < 4.78 is 26.4. The molecule has 1 aliphatic heterocycles. The lowest BCUT2D eigenvalue weighted by Gasteiger charge is -2.32.